The van der Waals surface area contributed by atoms with Crippen LogP contribution < -0.4 is 0 Å². The molecule has 1 aliphatic rings. The molecule has 0 aliphatic heterocycles. The smallest absolute Gasteiger partial charge is 0.315 e. The fourth-order valence-corrected chi connectivity index (χ4v) is 1.69. The van der Waals surface area contributed by atoms with Crippen molar-refractivity contribution in [3.8, 4) is 0 Å². The van der Waals surface area contributed by atoms with Crippen LogP contribution in [0.2, 0.25) is 0 Å². The summed E-state index contributed by atoms with van der Waals surface area (Å²) in [6, 6.07) is 0. The number of carbonyl (C=O) groups excluding carboxylic acids is 1. The monoisotopic (exact) mass is 184 g/mol. The second-order valence-electron chi connectivity index (χ2n) is 3.72. The first-order valence-electron chi connectivity index (χ1n) is 3.97. The fraction of sp³-hybridized carbons (Fsp3) is 0.556. The molecule has 0 radical (unpaired) electrons. The van der Waals surface area contributed by atoms with Crippen LogP contribution in [0.3, 0.4) is 0 Å². The van der Waals surface area contributed by atoms with E-state index in [0.29, 0.717) is 0 Å². The lowest BCUT2D eigenvalue weighted by atomic mass is 10.1. The molecule has 1 saturated carbocycles. The highest BCUT2D eigenvalue weighted by molar-refractivity contribution is 5.88. The predicted molar refractivity (Wildman–Crippen MR) is 44.7 cm³/mol. The van der Waals surface area contributed by atoms with Gasteiger partial charge in [0, 0.05) is 0 Å². The number of carboxylic acids is 1. The number of carbonyl (C=O) groups is 2. The zero-order valence-electron chi connectivity index (χ0n) is 7.61. The second-order valence-corrected chi connectivity index (χ2v) is 3.72. The molecule has 0 aromatic rings. The van der Waals surface area contributed by atoms with E-state index in [1.54, 1.807) is 13.8 Å². The van der Waals surface area contributed by atoms with E-state index in [2.05, 4.69) is 11.3 Å². The van der Waals surface area contributed by atoms with Crippen LogP contribution in [0, 0.1) is 17.3 Å². The van der Waals surface area contributed by atoms with Gasteiger partial charge in [-0.2, -0.15) is 0 Å². The van der Waals surface area contributed by atoms with Crippen LogP contribution in [0.15, 0.2) is 12.8 Å². The quantitative estimate of drug-likeness (QED) is 0.525. The Hall–Kier alpha value is -1.32. The summed E-state index contributed by atoms with van der Waals surface area (Å²) >= 11 is 0. The summed E-state index contributed by atoms with van der Waals surface area (Å²) in [6.07, 6.45) is 1.02. The third kappa shape index (κ3) is 1.43. The van der Waals surface area contributed by atoms with Crippen LogP contribution in [0.5, 0.6) is 0 Å². The van der Waals surface area contributed by atoms with Crippen molar-refractivity contribution in [3.05, 3.63) is 12.8 Å². The lowest BCUT2D eigenvalue weighted by Gasteiger charge is -1.99. The summed E-state index contributed by atoms with van der Waals surface area (Å²) in [5, 5.41) is 8.74. The molecule has 4 heteroatoms. The van der Waals surface area contributed by atoms with Crippen LogP contribution in [0.4, 0.5) is 0 Å². The molecule has 1 rings (SSSR count). The minimum absolute atomic E-state index is 0.494. The fourth-order valence-electron chi connectivity index (χ4n) is 1.69. The highest BCUT2D eigenvalue weighted by atomic mass is 16.5. The van der Waals surface area contributed by atoms with Crippen LogP contribution >= 0.6 is 0 Å². The third-order valence-corrected chi connectivity index (χ3v) is 2.55. The van der Waals surface area contributed by atoms with Crippen molar-refractivity contribution in [2.24, 2.45) is 17.3 Å². The Bertz CT molecular complexity index is 267. The second kappa shape index (κ2) is 2.87. The molecule has 0 aromatic heterocycles. The number of esters is 1. The highest BCUT2D eigenvalue weighted by Gasteiger charge is 2.66. The maximum atomic E-state index is 11.2. The summed E-state index contributed by atoms with van der Waals surface area (Å²) in [5.41, 5.74) is -0.494. The molecule has 0 saturated heterocycles. The number of aliphatic carboxylic acids is 1. The summed E-state index contributed by atoms with van der Waals surface area (Å²) in [7, 11) is 0. The molecule has 2 atom stereocenters. The van der Waals surface area contributed by atoms with Gasteiger partial charge >= 0.3 is 11.9 Å². The van der Waals surface area contributed by atoms with Crippen molar-refractivity contribution < 1.29 is 19.4 Å². The molecule has 13 heavy (non-hydrogen) atoms. The molecule has 1 N–H and O–H groups in total. The molecule has 0 aromatic carbocycles. The van der Waals surface area contributed by atoms with Gasteiger partial charge in [0.2, 0.25) is 0 Å². The van der Waals surface area contributed by atoms with Gasteiger partial charge in [0.15, 0.2) is 0 Å². The van der Waals surface area contributed by atoms with Gasteiger partial charge in [-0.1, -0.05) is 20.4 Å². The van der Waals surface area contributed by atoms with Crippen molar-refractivity contribution in [1.29, 1.82) is 0 Å². The number of hydrogen-bond donors (Lipinski definition) is 1. The average molecular weight is 184 g/mol. The van der Waals surface area contributed by atoms with Gasteiger partial charge in [0.1, 0.15) is 0 Å². The van der Waals surface area contributed by atoms with Crippen LogP contribution in [0.25, 0.3) is 0 Å². The van der Waals surface area contributed by atoms with Gasteiger partial charge in [0.25, 0.3) is 0 Å². The average Bonchev–Trinajstić information content (AvgIpc) is 2.54. The summed E-state index contributed by atoms with van der Waals surface area (Å²) < 4.78 is 4.54. The van der Waals surface area contributed by atoms with E-state index in [-0.39, 0.29) is 0 Å². The third-order valence-electron chi connectivity index (χ3n) is 2.55. The standard InChI is InChI=1S/C9H12O4/c1-4-13-8(12)6-5(7(10)11)9(6,2)3/h4-6H,1H2,2-3H3,(H,10,11). The Labute approximate surface area is 76.2 Å². The molecule has 1 aliphatic carbocycles. The van der Waals surface area contributed by atoms with E-state index in [0.717, 1.165) is 6.26 Å². The molecule has 0 bridgehead atoms. The summed E-state index contributed by atoms with van der Waals surface area (Å²) in [5.74, 6) is -2.62. The van der Waals surface area contributed by atoms with Gasteiger partial charge in [-0.25, -0.2) is 0 Å². The van der Waals surface area contributed by atoms with E-state index in [1.807, 2.05) is 0 Å². The topological polar surface area (TPSA) is 63.6 Å². The van der Waals surface area contributed by atoms with E-state index in [4.69, 9.17) is 5.11 Å². The Morgan fingerprint density at radius 3 is 2.31 bits per heavy atom. The Morgan fingerprint density at radius 1 is 1.46 bits per heavy atom. The molecule has 0 amide bonds. The van der Waals surface area contributed by atoms with Crippen molar-refractivity contribution in [1.82, 2.24) is 0 Å². The van der Waals surface area contributed by atoms with Crippen molar-refractivity contribution in [2.45, 2.75) is 13.8 Å². The van der Waals surface area contributed by atoms with Crippen molar-refractivity contribution >= 4 is 11.9 Å². The Kier molecular flexibility index (Phi) is 2.15. The molecular weight excluding hydrogens is 172 g/mol. The predicted octanol–water partition coefficient (Wildman–Crippen LogP) is 1.03. The van der Waals surface area contributed by atoms with E-state index >= 15 is 0 Å². The largest absolute Gasteiger partial charge is 0.481 e. The van der Waals surface area contributed by atoms with Crippen LogP contribution in [0.1, 0.15) is 13.8 Å². The first-order valence-corrected chi connectivity index (χ1v) is 3.97. The van der Waals surface area contributed by atoms with Crippen LogP contribution in [-0.4, -0.2) is 17.0 Å². The van der Waals surface area contributed by atoms with E-state index in [9.17, 15) is 9.59 Å². The molecule has 2 unspecified atom stereocenters. The van der Waals surface area contributed by atoms with Gasteiger partial charge in [0.05, 0.1) is 18.1 Å². The minimum atomic E-state index is -0.948. The van der Waals surface area contributed by atoms with Gasteiger partial charge in [-0.15, -0.1) is 0 Å². The lowest BCUT2D eigenvalue weighted by molar-refractivity contribution is -0.145. The molecule has 4 nitrogen and oxygen atoms in total. The molecule has 72 valence electrons. The normalized spacial score (nSPS) is 29.1. The number of rotatable bonds is 3. The Balaban J connectivity index is 2.70. The van der Waals surface area contributed by atoms with Gasteiger partial charge in [-0.05, 0) is 5.41 Å². The lowest BCUT2D eigenvalue weighted by Crippen LogP contribution is -2.08. The molecule has 0 spiro atoms. The molecular formula is C9H12O4. The van der Waals surface area contributed by atoms with Crippen molar-refractivity contribution in [3.63, 3.8) is 0 Å². The highest BCUT2D eigenvalue weighted by Crippen LogP contribution is 2.58. The first-order chi connectivity index (χ1) is 5.92. The SMILES string of the molecule is C=COC(=O)C1C(C(=O)O)C1(C)C. The summed E-state index contributed by atoms with van der Waals surface area (Å²) in [6.45, 7) is 6.71. The van der Waals surface area contributed by atoms with Crippen molar-refractivity contribution in [2.75, 3.05) is 0 Å². The van der Waals surface area contributed by atoms with E-state index < -0.39 is 29.2 Å². The zero-order valence-corrected chi connectivity index (χ0v) is 7.61. The minimum Gasteiger partial charge on any atom is -0.481 e. The first kappa shape index (κ1) is 9.77. The van der Waals surface area contributed by atoms with Crippen LogP contribution in [-0.2, 0) is 14.3 Å². The Morgan fingerprint density at radius 2 is 2.00 bits per heavy atom. The maximum absolute atomic E-state index is 11.2. The molecule has 1 fully saturated rings. The zero-order chi connectivity index (χ0) is 10.2. The number of hydrogen-bond acceptors (Lipinski definition) is 3. The maximum Gasteiger partial charge on any atom is 0.315 e. The van der Waals surface area contributed by atoms with Gasteiger partial charge in [-0.3, -0.25) is 9.59 Å². The molecule has 0 heterocycles. The van der Waals surface area contributed by atoms with Gasteiger partial charge < -0.3 is 9.84 Å². The summed E-state index contributed by atoms with van der Waals surface area (Å²) in [4.78, 5) is 21.8. The number of ether oxygens (including phenoxy) is 1. The van der Waals surface area contributed by atoms with E-state index in [1.165, 1.54) is 0 Å². The number of carboxylic acid groups (broad SMARTS) is 1.